The van der Waals surface area contributed by atoms with E-state index in [0.29, 0.717) is 31.4 Å². The lowest BCUT2D eigenvalue weighted by Crippen LogP contribution is -2.42. The number of aliphatic hydroxyl groups is 1. The molecular weight excluding hydrogens is 542 g/mol. The smallest absolute Gasteiger partial charge is 0.333 e. The van der Waals surface area contributed by atoms with Gasteiger partial charge in [0, 0.05) is 50.9 Å². The fourth-order valence-corrected chi connectivity index (χ4v) is 4.23. The molecular formula is C27H33N3O11. The lowest BCUT2D eigenvalue weighted by molar-refractivity contribution is -0.195. The minimum Gasteiger partial charge on any atom is -0.479 e. The summed E-state index contributed by atoms with van der Waals surface area (Å²) in [5.41, 5.74) is 0.741. The van der Waals surface area contributed by atoms with Crippen molar-refractivity contribution in [3.63, 3.8) is 0 Å². The van der Waals surface area contributed by atoms with Gasteiger partial charge in [0.15, 0.2) is 6.10 Å². The van der Waals surface area contributed by atoms with E-state index < -0.39 is 30.4 Å². The Kier molecular flexibility index (Phi) is 11.8. The molecule has 0 spiro atoms. The third kappa shape index (κ3) is 9.99. The molecule has 2 aliphatic rings. The van der Waals surface area contributed by atoms with Crippen molar-refractivity contribution in [1.29, 1.82) is 0 Å². The lowest BCUT2D eigenvalue weighted by Gasteiger charge is -2.31. The van der Waals surface area contributed by atoms with Crippen LogP contribution in [0.15, 0.2) is 30.4 Å². The SMILES string of the molecule is O=COCc1ccc(OC2CC(O)CC(C(=O)O)O2)c(NC(=O)CCNC(=O)CCCCCN2C(=O)C=CC2=O)c1. The first-order chi connectivity index (χ1) is 19.7. The molecule has 3 rings (SSSR count). The summed E-state index contributed by atoms with van der Waals surface area (Å²) in [6.07, 6.45) is 1.06. The van der Waals surface area contributed by atoms with Crippen molar-refractivity contribution in [3.8, 4) is 5.75 Å². The number of nitrogens with zero attached hydrogens (tertiary/aromatic N) is 1. The summed E-state index contributed by atoms with van der Waals surface area (Å²) in [4.78, 5) is 70.8. The first-order valence-electron chi connectivity index (χ1n) is 13.2. The second-order valence-corrected chi connectivity index (χ2v) is 9.49. The van der Waals surface area contributed by atoms with Crippen LogP contribution in [0.1, 0.15) is 50.5 Å². The van der Waals surface area contributed by atoms with Crippen LogP contribution in [0.2, 0.25) is 0 Å². The number of carbonyl (C=O) groups excluding carboxylic acids is 5. The number of rotatable bonds is 16. The van der Waals surface area contributed by atoms with Gasteiger partial charge < -0.3 is 35.1 Å². The number of unbranched alkanes of at least 4 members (excludes halogenated alkanes) is 2. The molecule has 0 saturated carbocycles. The fourth-order valence-electron chi connectivity index (χ4n) is 4.23. The Morgan fingerprint density at radius 2 is 1.80 bits per heavy atom. The average Bonchev–Trinajstić information content (AvgIpc) is 3.24. The van der Waals surface area contributed by atoms with E-state index >= 15 is 0 Å². The molecule has 2 aliphatic heterocycles. The first kappa shape index (κ1) is 31.2. The third-order valence-electron chi connectivity index (χ3n) is 6.30. The molecule has 3 atom stereocenters. The van der Waals surface area contributed by atoms with Gasteiger partial charge in [-0.1, -0.05) is 12.5 Å². The summed E-state index contributed by atoms with van der Waals surface area (Å²) in [6, 6.07) is 4.59. The van der Waals surface area contributed by atoms with E-state index in [-0.39, 0.29) is 74.5 Å². The molecule has 0 aromatic heterocycles. The van der Waals surface area contributed by atoms with Crippen LogP contribution >= 0.6 is 0 Å². The normalized spacial score (nSPS) is 20.0. The van der Waals surface area contributed by atoms with Crippen molar-refractivity contribution < 1.29 is 53.2 Å². The highest BCUT2D eigenvalue weighted by atomic mass is 16.7. The molecule has 0 bridgehead atoms. The minimum absolute atomic E-state index is 0.0188. The van der Waals surface area contributed by atoms with Crippen molar-refractivity contribution in [2.75, 3.05) is 18.4 Å². The van der Waals surface area contributed by atoms with E-state index in [2.05, 4.69) is 10.6 Å². The third-order valence-corrected chi connectivity index (χ3v) is 6.30. The van der Waals surface area contributed by atoms with Gasteiger partial charge in [0.05, 0.1) is 11.8 Å². The van der Waals surface area contributed by atoms with Crippen LogP contribution in [-0.4, -0.2) is 82.8 Å². The van der Waals surface area contributed by atoms with E-state index in [1.165, 1.54) is 24.3 Å². The summed E-state index contributed by atoms with van der Waals surface area (Å²) >= 11 is 0. The molecule has 41 heavy (non-hydrogen) atoms. The van der Waals surface area contributed by atoms with Crippen molar-refractivity contribution in [3.05, 3.63) is 35.9 Å². The van der Waals surface area contributed by atoms with Gasteiger partial charge in [0.2, 0.25) is 18.1 Å². The number of carbonyl (C=O) groups is 6. The molecule has 2 heterocycles. The van der Waals surface area contributed by atoms with Crippen LogP contribution in [-0.2, 0) is 44.8 Å². The summed E-state index contributed by atoms with van der Waals surface area (Å²) in [6.45, 7) is 0.579. The molecule has 0 radical (unpaired) electrons. The number of nitrogens with one attached hydrogen (secondary N) is 2. The van der Waals surface area contributed by atoms with Crippen molar-refractivity contribution >= 4 is 41.8 Å². The van der Waals surface area contributed by atoms with Crippen LogP contribution in [0.3, 0.4) is 0 Å². The Bertz CT molecular complexity index is 1150. The number of aliphatic hydroxyl groups excluding tert-OH is 1. The molecule has 222 valence electrons. The number of benzene rings is 1. The number of imide groups is 1. The maximum Gasteiger partial charge on any atom is 0.333 e. The molecule has 14 nitrogen and oxygen atoms in total. The molecule has 3 unspecified atom stereocenters. The Morgan fingerprint density at radius 3 is 2.51 bits per heavy atom. The summed E-state index contributed by atoms with van der Waals surface area (Å²) in [5.74, 6) is -2.45. The van der Waals surface area contributed by atoms with E-state index in [4.69, 9.17) is 14.2 Å². The highest BCUT2D eigenvalue weighted by molar-refractivity contribution is 6.12. The second-order valence-electron chi connectivity index (χ2n) is 9.49. The van der Waals surface area contributed by atoms with Crippen LogP contribution in [0.25, 0.3) is 0 Å². The summed E-state index contributed by atoms with van der Waals surface area (Å²) in [7, 11) is 0. The number of carboxylic acid groups (broad SMARTS) is 1. The Morgan fingerprint density at radius 1 is 1.05 bits per heavy atom. The zero-order valence-electron chi connectivity index (χ0n) is 22.3. The van der Waals surface area contributed by atoms with Gasteiger partial charge in [0.1, 0.15) is 12.4 Å². The summed E-state index contributed by atoms with van der Waals surface area (Å²) in [5, 5.41) is 24.6. The van der Waals surface area contributed by atoms with Gasteiger partial charge in [-0.25, -0.2) is 4.79 Å². The fraction of sp³-hybridized carbons (Fsp3) is 0.481. The van der Waals surface area contributed by atoms with Gasteiger partial charge in [-0.2, -0.15) is 0 Å². The molecule has 1 aromatic rings. The number of amides is 4. The van der Waals surface area contributed by atoms with Gasteiger partial charge >= 0.3 is 5.97 Å². The van der Waals surface area contributed by atoms with E-state index in [0.717, 1.165) is 4.90 Å². The number of carboxylic acids is 1. The molecule has 0 aliphatic carbocycles. The van der Waals surface area contributed by atoms with Crippen molar-refractivity contribution in [2.45, 2.75) is 70.1 Å². The van der Waals surface area contributed by atoms with Gasteiger partial charge in [0.25, 0.3) is 18.3 Å². The van der Waals surface area contributed by atoms with Gasteiger partial charge in [-0.3, -0.25) is 28.9 Å². The van der Waals surface area contributed by atoms with Gasteiger partial charge in [-0.05, 0) is 30.5 Å². The molecule has 1 aromatic carbocycles. The van der Waals surface area contributed by atoms with Crippen LogP contribution in [0, 0.1) is 0 Å². The van der Waals surface area contributed by atoms with Crippen molar-refractivity contribution in [2.24, 2.45) is 0 Å². The Hall–Kier alpha value is -4.30. The monoisotopic (exact) mass is 575 g/mol. The van der Waals surface area contributed by atoms with Gasteiger partial charge in [-0.15, -0.1) is 0 Å². The zero-order chi connectivity index (χ0) is 29.8. The number of hydrogen-bond acceptors (Lipinski definition) is 10. The molecule has 14 heteroatoms. The highest BCUT2D eigenvalue weighted by Crippen LogP contribution is 2.30. The van der Waals surface area contributed by atoms with Crippen LogP contribution in [0.5, 0.6) is 5.75 Å². The van der Waals surface area contributed by atoms with E-state index in [9.17, 15) is 39.0 Å². The number of hydrogen-bond donors (Lipinski definition) is 4. The first-order valence-corrected chi connectivity index (χ1v) is 13.2. The number of aliphatic carboxylic acids is 1. The van der Waals surface area contributed by atoms with Crippen LogP contribution < -0.4 is 15.4 Å². The largest absolute Gasteiger partial charge is 0.479 e. The predicted molar refractivity (Wildman–Crippen MR) is 140 cm³/mol. The number of ether oxygens (including phenoxy) is 3. The van der Waals surface area contributed by atoms with Crippen molar-refractivity contribution in [1.82, 2.24) is 10.2 Å². The average molecular weight is 576 g/mol. The molecule has 1 fully saturated rings. The Balaban J connectivity index is 1.45. The zero-order valence-corrected chi connectivity index (χ0v) is 22.3. The second kappa shape index (κ2) is 15.5. The number of anilines is 1. The lowest BCUT2D eigenvalue weighted by atomic mass is 10.1. The van der Waals surface area contributed by atoms with Crippen LogP contribution in [0.4, 0.5) is 5.69 Å². The maximum atomic E-state index is 12.6. The predicted octanol–water partition coefficient (Wildman–Crippen LogP) is 0.619. The van der Waals surface area contributed by atoms with E-state index in [1.807, 2.05) is 0 Å². The quantitative estimate of drug-likeness (QED) is 0.122. The van der Waals surface area contributed by atoms with E-state index in [1.54, 1.807) is 6.07 Å². The highest BCUT2D eigenvalue weighted by Gasteiger charge is 2.34. The topological polar surface area (TPSA) is 198 Å². The standard InChI is InChI=1S/C27H33N3O11/c31-16-39-15-17-5-6-20(40-26-14-18(32)13-21(41-26)27(37)38)19(12-17)29-23(34)9-10-28-22(33)4-2-1-3-11-30-24(35)7-8-25(30)36/h5-8,12,16,18,21,26,32H,1-4,9-11,13-15H2,(H,28,33)(H,29,34)(H,37,38). The molecule has 4 N–H and O–H groups in total. The molecule has 4 amide bonds. The molecule has 1 saturated heterocycles. The Labute approximate surface area is 235 Å². The maximum absolute atomic E-state index is 12.6. The minimum atomic E-state index is -1.25. The summed E-state index contributed by atoms with van der Waals surface area (Å²) < 4.78 is 15.9.